The molecule has 150 valence electrons. The van der Waals surface area contributed by atoms with E-state index in [0.29, 0.717) is 18.4 Å². The summed E-state index contributed by atoms with van der Waals surface area (Å²) in [5.41, 5.74) is 2.98. The number of hydrogen-bond donors (Lipinski definition) is 0. The molecule has 0 unspecified atom stereocenters. The summed E-state index contributed by atoms with van der Waals surface area (Å²) in [5.74, 6) is 1.80. The second kappa shape index (κ2) is 8.38. The molecule has 1 amide bonds. The second-order valence-corrected chi connectivity index (χ2v) is 8.62. The van der Waals surface area contributed by atoms with Crippen LogP contribution in [0.25, 0.3) is 11.3 Å². The number of amides is 1. The Hall–Kier alpha value is -2.30. The predicted octanol–water partition coefficient (Wildman–Crippen LogP) is 4.73. The first-order valence-corrected chi connectivity index (χ1v) is 10.7. The standard InChI is InChI=1S/C23H31N3O2/c1-17(2)15-26(22(27)19-11-12-19)16-20-21(18-9-5-3-6-10-18)24-28-23(20)25-13-7-4-8-14-25/h3,5-6,9-10,17,19H,4,7-8,11-16H2,1-2H3. The molecule has 1 saturated heterocycles. The first kappa shape index (κ1) is 19.0. The van der Waals surface area contributed by atoms with Gasteiger partial charge in [0.25, 0.3) is 0 Å². The maximum absolute atomic E-state index is 13.0. The molecule has 1 aromatic heterocycles. The summed E-state index contributed by atoms with van der Waals surface area (Å²) in [4.78, 5) is 17.3. The summed E-state index contributed by atoms with van der Waals surface area (Å²) in [6, 6.07) is 10.2. The van der Waals surface area contributed by atoms with Crippen molar-refractivity contribution in [2.45, 2.75) is 52.5 Å². The number of hydrogen-bond acceptors (Lipinski definition) is 4. The van der Waals surface area contributed by atoms with Crippen molar-refractivity contribution in [3.63, 3.8) is 0 Å². The van der Waals surface area contributed by atoms with Gasteiger partial charge in [-0.25, -0.2) is 0 Å². The number of rotatable bonds is 7. The average molecular weight is 382 g/mol. The van der Waals surface area contributed by atoms with Crippen molar-refractivity contribution in [1.29, 1.82) is 0 Å². The third kappa shape index (κ3) is 4.23. The van der Waals surface area contributed by atoms with Gasteiger partial charge in [-0.05, 0) is 38.0 Å². The fraction of sp³-hybridized carbons (Fsp3) is 0.565. The van der Waals surface area contributed by atoms with Gasteiger partial charge in [-0.3, -0.25) is 4.79 Å². The molecule has 1 aliphatic heterocycles. The molecule has 5 heteroatoms. The van der Waals surface area contributed by atoms with E-state index in [1.165, 1.54) is 19.3 Å². The van der Waals surface area contributed by atoms with Crippen molar-refractivity contribution in [3.8, 4) is 11.3 Å². The minimum atomic E-state index is 0.220. The van der Waals surface area contributed by atoms with Crippen LogP contribution in [0.1, 0.15) is 51.5 Å². The fourth-order valence-corrected chi connectivity index (χ4v) is 4.06. The van der Waals surface area contributed by atoms with Crippen LogP contribution in [-0.2, 0) is 11.3 Å². The van der Waals surface area contributed by atoms with Gasteiger partial charge in [-0.15, -0.1) is 0 Å². The Balaban J connectivity index is 1.69. The molecule has 0 bridgehead atoms. The molecule has 28 heavy (non-hydrogen) atoms. The molecule has 1 aliphatic carbocycles. The topological polar surface area (TPSA) is 49.6 Å². The van der Waals surface area contributed by atoms with Gasteiger partial charge in [0.15, 0.2) is 0 Å². The normalized spacial score (nSPS) is 17.2. The smallest absolute Gasteiger partial charge is 0.232 e. The molecule has 2 aliphatic rings. The lowest BCUT2D eigenvalue weighted by Crippen LogP contribution is -2.36. The molecule has 0 N–H and O–H groups in total. The molecular formula is C23H31N3O2. The number of anilines is 1. The van der Waals surface area contributed by atoms with Crippen LogP contribution in [0.5, 0.6) is 0 Å². The number of carbonyl (C=O) groups is 1. The third-order valence-electron chi connectivity index (χ3n) is 5.63. The molecule has 5 nitrogen and oxygen atoms in total. The van der Waals surface area contributed by atoms with Crippen LogP contribution in [-0.4, -0.2) is 35.6 Å². The van der Waals surface area contributed by atoms with E-state index < -0.39 is 0 Å². The highest BCUT2D eigenvalue weighted by molar-refractivity contribution is 5.81. The van der Waals surface area contributed by atoms with Crippen molar-refractivity contribution >= 4 is 11.8 Å². The van der Waals surface area contributed by atoms with Crippen molar-refractivity contribution in [2.75, 3.05) is 24.5 Å². The zero-order valence-electron chi connectivity index (χ0n) is 17.1. The quantitative estimate of drug-likeness (QED) is 0.696. The van der Waals surface area contributed by atoms with E-state index in [2.05, 4.69) is 36.0 Å². The van der Waals surface area contributed by atoms with Crippen molar-refractivity contribution in [2.24, 2.45) is 11.8 Å². The van der Waals surface area contributed by atoms with Crippen molar-refractivity contribution < 1.29 is 9.32 Å². The van der Waals surface area contributed by atoms with Gasteiger partial charge in [0.2, 0.25) is 11.8 Å². The summed E-state index contributed by atoms with van der Waals surface area (Å²) in [6.07, 6.45) is 5.68. The van der Waals surface area contributed by atoms with E-state index in [9.17, 15) is 4.79 Å². The van der Waals surface area contributed by atoms with Crippen LogP contribution in [0, 0.1) is 11.8 Å². The van der Waals surface area contributed by atoms with Crippen LogP contribution in [0.2, 0.25) is 0 Å². The Labute approximate surface area is 167 Å². The third-order valence-corrected chi connectivity index (χ3v) is 5.63. The molecule has 2 fully saturated rings. The molecule has 2 heterocycles. The van der Waals surface area contributed by atoms with E-state index >= 15 is 0 Å². The maximum atomic E-state index is 13.0. The van der Waals surface area contributed by atoms with E-state index in [1.807, 2.05) is 23.1 Å². The number of benzene rings is 1. The highest BCUT2D eigenvalue weighted by atomic mass is 16.5. The monoisotopic (exact) mass is 381 g/mol. The molecule has 1 saturated carbocycles. The first-order valence-electron chi connectivity index (χ1n) is 10.7. The summed E-state index contributed by atoms with van der Waals surface area (Å²) >= 11 is 0. The van der Waals surface area contributed by atoms with E-state index in [1.54, 1.807) is 0 Å². The van der Waals surface area contributed by atoms with Gasteiger partial charge in [0.1, 0.15) is 5.69 Å². The lowest BCUT2D eigenvalue weighted by Gasteiger charge is -2.29. The van der Waals surface area contributed by atoms with Crippen molar-refractivity contribution in [1.82, 2.24) is 10.1 Å². The lowest BCUT2D eigenvalue weighted by atomic mass is 10.0. The zero-order valence-corrected chi connectivity index (χ0v) is 17.1. The van der Waals surface area contributed by atoms with E-state index in [-0.39, 0.29) is 5.92 Å². The fourth-order valence-electron chi connectivity index (χ4n) is 4.06. The summed E-state index contributed by atoms with van der Waals surface area (Å²) in [7, 11) is 0. The average Bonchev–Trinajstić information content (AvgIpc) is 3.48. The Morgan fingerprint density at radius 1 is 1.18 bits per heavy atom. The first-order chi connectivity index (χ1) is 13.6. The van der Waals surface area contributed by atoms with E-state index in [0.717, 1.165) is 55.2 Å². The van der Waals surface area contributed by atoms with Crippen LogP contribution in [0.3, 0.4) is 0 Å². The SMILES string of the molecule is CC(C)CN(Cc1c(-c2ccccc2)noc1N1CCCCC1)C(=O)C1CC1. The molecule has 0 spiro atoms. The largest absolute Gasteiger partial charge is 0.340 e. The highest BCUT2D eigenvalue weighted by Crippen LogP contribution is 2.36. The molecule has 0 radical (unpaired) electrons. The zero-order chi connectivity index (χ0) is 19.5. The van der Waals surface area contributed by atoms with Gasteiger partial charge in [-0.1, -0.05) is 49.3 Å². The number of carbonyl (C=O) groups excluding carboxylic acids is 1. The Kier molecular flexibility index (Phi) is 5.69. The Bertz CT molecular complexity index is 789. The molecule has 4 rings (SSSR count). The van der Waals surface area contributed by atoms with Crippen LogP contribution >= 0.6 is 0 Å². The predicted molar refractivity (Wildman–Crippen MR) is 111 cm³/mol. The number of nitrogens with zero attached hydrogens (tertiary/aromatic N) is 3. The van der Waals surface area contributed by atoms with Crippen LogP contribution < -0.4 is 4.90 Å². The summed E-state index contributed by atoms with van der Waals surface area (Å²) < 4.78 is 5.89. The summed E-state index contributed by atoms with van der Waals surface area (Å²) in [5, 5.41) is 4.46. The number of aromatic nitrogens is 1. The van der Waals surface area contributed by atoms with Gasteiger partial charge in [-0.2, -0.15) is 0 Å². The highest BCUT2D eigenvalue weighted by Gasteiger charge is 2.35. The van der Waals surface area contributed by atoms with E-state index in [4.69, 9.17) is 4.52 Å². The van der Waals surface area contributed by atoms with Crippen molar-refractivity contribution in [3.05, 3.63) is 35.9 Å². The van der Waals surface area contributed by atoms with Gasteiger partial charge in [0, 0.05) is 31.1 Å². The van der Waals surface area contributed by atoms with Crippen LogP contribution in [0.15, 0.2) is 34.9 Å². The molecule has 2 aromatic rings. The molecule has 0 atom stereocenters. The maximum Gasteiger partial charge on any atom is 0.232 e. The molecular weight excluding hydrogens is 350 g/mol. The summed E-state index contributed by atoms with van der Waals surface area (Å²) in [6.45, 7) is 7.69. The van der Waals surface area contributed by atoms with Gasteiger partial charge >= 0.3 is 0 Å². The number of piperidine rings is 1. The lowest BCUT2D eigenvalue weighted by molar-refractivity contribution is -0.133. The van der Waals surface area contributed by atoms with Gasteiger partial charge < -0.3 is 14.3 Å². The van der Waals surface area contributed by atoms with Gasteiger partial charge in [0.05, 0.1) is 12.1 Å². The minimum absolute atomic E-state index is 0.220. The second-order valence-electron chi connectivity index (χ2n) is 8.62. The van der Waals surface area contributed by atoms with Crippen LogP contribution in [0.4, 0.5) is 5.88 Å². The Morgan fingerprint density at radius 3 is 2.54 bits per heavy atom. The Morgan fingerprint density at radius 2 is 1.89 bits per heavy atom. The molecule has 1 aromatic carbocycles. The minimum Gasteiger partial charge on any atom is -0.340 e.